The van der Waals surface area contributed by atoms with Gasteiger partial charge < -0.3 is 9.47 Å². The minimum absolute atomic E-state index is 0.0369. The lowest BCUT2D eigenvalue weighted by Gasteiger charge is -2.29. The number of nitrogens with one attached hydrogen (secondary N) is 1. The van der Waals surface area contributed by atoms with E-state index < -0.39 is 15.8 Å². The van der Waals surface area contributed by atoms with E-state index in [-0.39, 0.29) is 16.0 Å². The van der Waals surface area contributed by atoms with Gasteiger partial charge in [0.1, 0.15) is 5.75 Å². The molecule has 2 aliphatic heterocycles. The Balaban J connectivity index is 1.15. The second-order valence-electron chi connectivity index (χ2n) is 12.4. The summed E-state index contributed by atoms with van der Waals surface area (Å²) in [6, 6.07) is 13.7. The van der Waals surface area contributed by atoms with E-state index in [2.05, 4.69) is 47.5 Å². The molecule has 2 aromatic carbocycles. The third kappa shape index (κ3) is 7.88. The molecule has 0 spiro atoms. The summed E-state index contributed by atoms with van der Waals surface area (Å²) in [5.74, 6) is 0.279. The van der Waals surface area contributed by atoms with Crippen molar-refractivity contribution in [2.75, 3.05) is 37.6 Å². The van der Waals surface area contributed by atoms with Crippen LogP contribution in [0.15, 0.2) is 59.6 Å². The molecule has 3 aromatic rings. The van der Waals surface area contributed by atoms with E-state index in [0.717, 1.165) is 81.8 Å². The molecule has 1 fully saturated rings. The molecular formula is C33H42FN3O4S. The molecule has 9 heteroatoms. The van der Waals surface area contributed by atoms with Gasteiger partial charge in [-0.2, -0.15) is 0 Å². The molecule has 0 aliphatic carbocycles. The van der Waals surface area contributed by atoms with Crippen LogP contribution in [0.1, 0.15) is 62.4 Å². The Morgan fingerprint density at radius 3 is 2.60 bits per heavy atom. The van der Waals surface area contributed by atoms with Gasteiger partial charge in [0, 0.05) is 56.2 Å². The van der Waals surface area contributed by atoms with Crippen LogP contribution in [0.5, 0.6) is 5.75 Å². The Bertz CT molecular complexity index is 1470. The smallest absolute Gasteiger partial charge is 0.261 e. The maximum Gasteiger partial charge on any atom is 0.261 e. The molecule has 0 radical (unpaired) electrons. The van der Waals surface area contributed by atoms with Crippen molar-refractivity contribution in [1.82, 2.24) is 9.88 Å². The van der Waals surface area contributed by atoms with Gasteiger partial charge in [-0.15, -0.1) is 0 Å². The average Bonchev–Trinajstić information content (AvgIpc) is 2.97. The summed E-state index contributed by atoms with van der Waals surface area (Å²) < 4.78 is 54.6. The lowest BCUT2D eigenvalue weighted by molar-refractivity contribution is 0.0593. The van der Waals surface area contributed by atoms with Crippen molar-refractivity contribution in [3.8, 4) is 5.75 Å². The van der Waals surface area contributed by atoms with Crippen LogP contribution < -0.4 is 9.46 Å². The van der Waals surface area contributed by atoms with Crippen LogP contribution in [-0.2, 0) is 39.6 Å². The Kier molecular flexibility index (Phi) is 9.50. The fourth-order valence-corrected chi connectivity index (χ4v) is 6.62. The Hall–Kier alpha value is -3.01. The van der Waals surface area contributed by atoms with Crippen molar-refractivity contribution >= 4 is 15.7 Å². The van der Waals surface area contributed by atoms with Crippen LogP contribution >= 0.6 is 0 Å². The van der Waals surface area contributed by atoms with Crippen molar-refractivity contribution in [3.63, 3.8) is 0 Å². The molecule has 1 aromatic heterocycles. The van der Waals surface area contributed by atoms with Crippen molar-refractivity contribution in [1.29, 1.82) is 0 Å². The summed E-state index contributed by atoms with van der Waals surface area (Å²) >= 11 is 0. The molecular weight excluding hydrogens is 553 g/mol. The largest absolute Gasteiger partial charge is 0.493 e. The summed E-state index contributed by atoms with van der Waals surface area (Å²) in [4.78, 5) is 7.15. The second-order valence-corrected chi connectivity index (χ2v) is 14.1. The highest BCUT2D eigenvalue weighted by Crippen LogP contribution is 2.27. The van der Waals surface area contributed by atoms with Gasteiger partial charge in [0.05, 0.1) is 17.2 Å². The van der Waals surface area contributed by atoms with Crippen molar-refractivity contribution < 1.29 is 22.3 Å². The number of anilines is 1. The SMILES string of the molecule is CC(C)(C)c1ccc(CCN2CCc3cc(S(=O)(=O)Nc4ccc(OCCC5CCOCC5)cc4F)ccc3C2)cn1. The van der Waals surface area contributed by atoms with Gasteiger partial charge >= 0.3 is 0 Å². The quantitative estimate of drug-likeness (QED) is 0.305. The number of hydrogen-bond acceptors (Lipinski definition) is 6. The summed E-state index contributed by atoms with van der Waals surface area (Å²) in [5.41, 5.74) is 4.37. The molecule has 5 rings (SSSR count). The number of nitrogens with zero attached hydrogens (tertiary/aromatic N) is 2. The second kappa shape index (κ2) is 13.1. The van der Waals surface area contributed by atoms with Crippen molar-refractivity contribution in [3.05, 3.63) is 82.9 Å². The topological polar surface area (TPSA) is 80.8 Å². The predicted molar refractivity (Wildman–Crippen MR) is 163 cm³/mol. The molecule has 0 amide bonds. The molecule has 7 nitrogen and oxygen atoms in total. The van der Waals surface area contributed by atoms with E-state index in [4.69, 9.17) is 9.47 Å². The lowest BCUT2D eigenvalue weighted by atomic mass is 9.91. The lowest BCUT2D eigenvalue weighted by Crippen LogP contribution is -2.32. The number of ether oxygens (including phenoxy) is 2. The first-order chi connectivity index (χ1) is 20.1. The first kappa shape index (κ1) is 30.4. The standard InChI is InChI=1S/C33H42FN3O4S/c1-33(2,3)32-9-4-25(22-35-32)10-15-37-16-11-26-20-29(7-5-27(26)23-37)42(38,39)36-31-8-6-28(21-30(31)34)41-19-14-24-12-17-40-18-13-24/h4-9,20-22,24,36H,10-19,23H2,1-3H3. The molecule has 1 saturated heterocycles. The molecule has 0 unspecified atom stereocenters. The summed E-state index contributed by atoms with van der Waals surface area (Å²) in [7, 11) is -3.95. The van der Waals surface area contributed by atoms with Crippen LogP contribution in [-0.4, -0.2) is 51.2 Å². The number of rotatable bonds is 10. The summed E-state index contributed by atoms with van der Waals surface area (Å²) in [5, 5.41) is 0. The van der Waals surface area contributed by atoms with Crippen molar-refractivity contribution in [2.45, 2.75) is 69.7 Å². The number of benzene rings is 2. The molecule has 0 bridgehead atoms. The van der Waals surface area contributed by atoms with Gasteiger partial charge in [0.2, 0.25) is 0 Å². The zero-order valence-corrected chi connectivity index (χ0v) is 25.7. The van der Waals surface area contributed by atoms with Crippen LogP contribution in [0.25, 0.3) is 0 Å². The van der Waals surface area contributed by atoms with Crippen LogP contribution in [0.4, 0.5) is 10.1 Å². The number of hydrogen-bond donors (Lipinski definition) is 1. The molecule has 0 atom stereocenters. The number of pyridine rings is 1. The minimum Gasteiger partial charge on any atom is -0.493 e. The maximum absolute atomic E-state index is 14.8. The highest BCUT2D eigenvalue weighted by Gasteiger charge is 2.22. The van der Waals surface area contributed by atoms with E-state index in [9.17, 15) is 12.8 Å². The first-order valence-electron chi connectivity index (χ1n) is 14.9. The third-order valence-electron chi connectivity index (χ3n) is 8.21. The van der Waals surface area contributed by atoms with Gasteiger partial charge in [0.25, 0.3) is 10.0 Å². The summed E-state index contributed by atoms with van der Waals surface area (Å²) in [6.45, 7) is 11.1. The monoisotopic (exact) mass is 595 g/mol. The predicted octanol–water partition coefficient (Wildman–Crippen LogP) is 6.12. The van der Waals surface area contributed by atoms with Gasteiger partial charge in [0.15, 0.2) is 5.82 Å². The van der Waals surface area contributed by atoms with Gasteiger partial charge in [-0.3, -0.25) is 14.6 Å². The fourth-order valence-electron chi connectivity index (χ4n) is 5.50. The number of fused-ring (bicyclic) bond motifs is 1. The number of sulfonamides is 1. The molecule has 42 heavy (non-hydrogen) atoms. The Morgan fingerprint density at radius 1 is 1.07 bits per heavy atom. The number of halogens is 1. The highest BCUT2D eigenvalue weighted by atomic mass is 32.2. The van der Waals surface area contributed by atoms with Gasteiger partial charge in [-0.1, -0.05) is 32.9 Å². The van der Waals surface area contributed by atoms with E-state index >= 15 is 0 Å². The van der Waals surface area contributed by atoms with E-state index in [1.807, 2.05) is 12.3 Å². The molecule has 226 valence electrons. The van der Waals surface area contributed by atoms with Crippen molar-refractivity contribution in [2.24, 2.45) is 5.92 Å². The van der Waals surface area contributed by atoms with Gasteiger partial charge in [-0.25, -0.2) is 12.8 Å². The molecule has 0 saturated carbocycles. The van der Waals surface area contributed by atoms with E-state index in [0.29, 0.717) is 18.3 Å². The molecule has 1 N–H and O–H groups in total. The number of aromatic nitrogens is 1. The molecule has 3 heterocycles. The highest BCUT2D eigenvalue weighted by molar-refractivity contribution is 7.92. The third-order valence-corrected chi connectivity index (χ3v) is 9.57. The van der Waals surface area contributed by atoms with Crippen LogP contribution in [0, 0.1) is 11.7 Å². The minimum atomic E-state index is -3.95. The normalized spacial score (nSPS) is 16.7. The van der Waals surface area contributed by atoms with E-state index in [1.54, 1.807) is 18.2 Å². The van der Waals surface area contributed by atoms with Gasteiger partial charge in [-0.05, 0) is 85.0 Å². The zero-order chi connectivity index (χ0) is 29.7. The Labute approximate surface area is 249 Å². The zero-order valence-electron chi connectivity index (χ0n) is 24.9. The first-order valence-corrected chi connectivity index (χ1v) is 16.4. The maximum atomic E-state index is 14.8. The van der Waals surface area contributed by atoms with Crippen LogP contribution in [0.2, 0.25) is 0 Å². The average molecular weight is 596 g/mol. The Morgan fingerprint density at radius 2 is 1.88 bits per heavy atom. The van der Waals surface area contributed by atoms with E-state index in [1.165, 1.54) is 17.7 Å². The molecule has 2 aliphatic rings. The fraction of sp³-hybridized carbons (Fsp3) is 0.485. The van der Waals surface area contributed by atoms with Crippen LogP contribution in [0.3, 0.4) is 0 Å². The summed E-state index contributed by atoms with van der Waals surface area (Å²) in [6.07, 6.45) is 6.57.